The second-order valence-electron chi connectivity index (χ2n) is 5.54. The van der Waals surface area contributed by atoms with Gasteiger partial charge in [-0.05, 0) is 23.8 Å². The zero-order valence-corrected chi connectivity index (χ0v) is 13.5. The summed E-state index contributed by atoms with van der Waals surface area (Å²) in [6, 6.07) is 11.2. The Balaban J connectivity index is 1.77. The van der Waals surface area contributed by atoms with Gasteiger partial charge >= 0.3 is 5.97 Å². The van der Waals surface area contributed by atoms with Crippen LogP contribution >= 0.6 is 11.6 Å². The molecule has 6 heteroatoms. The molecule has 3 rings (SSSR count). The second-order valence-corrected chi connectivity index (χ2v) is 5.94. The van der Waals surface area contributed by atoms with Crippen LogP contribution < -0.4 is 5.32 Å². The Kier molecular flexibility index (Phi) is 4.83. The van der Waals surface area contributed by atoms with Gasteiger partial charge in [-0.1, -0.05) is 35.9 Å². The van der Waals surface area contributed by atoms with E-state index in [0.29, 0.717) is 0 Å². The number of nitrogens with one attached hydrogen (secondary N) is 2. The molecule has 0 aliphatic heterocycles. The van der Waals surface area contributed by atoms with Gasteiger partial charge in [0.15, 0.2) is 0 Å². The Morgan fingerprint density at radius 1 is 1.25 bits per heavy atom. The van der Waals surface area contributed by atoms with Gasteiger partial charge in [0.1, 0.15) is 11.9 Å². The summed E-state index contributed by atoms with van der Waals surface area (Å²) >= 11 is 5.98. The van der Waals surface area contributed by atoms with Crippen molar-refractivity contribution in [3.05, 3.63) is 70.6 Å². The molecule has 124 valence electrons. The third kappa shape index (κ3) is 3.42. The summed E-state index contributed by atoms with van der Waals surface area (Å²) in [5, 5.41) is 13.6. The minimum Gasteiger partial charge on any atom is -0.480 e. The van der Waals surface area contributed by atoms with Crippen LogP contribution in [0.4, 0.5) is 4.39 Å². The van der Waals surface area contributed by atoms with Crippen molar-refractivity contribution >= 4 is 28.5 Å². The molecule has 1 aromatic heterocycles. The highest BCUT2D eigenvalue weighted by molar-refractivity contribution is 6.31. The Hall–Kier alpha value is -2.37. The molecule has 24 heavy (non-hydrogen) atoms. The number of carboxylic acids is 1. The van der Waals surface area contributed by atoms with E-state index < -0.39 is 17.8 Å². The molecule has 1 heterocycles. The molecule has 4 nitrogen and oxygen atoms in total. The lowest BCUT2D eigenvalue weighted by atomic mass is 10.0. The van der Waals surface area contributed by atoms with Gasteiger partial charge in [0, 0.05) is 40.7 Å². The van der Waals surface area contributed by atoms with Crippen LogP contribution in [0.2, 0.25) is 5.02 Å². The number of carbonyl (C=O) groups is 1. The lowest BCUT2D eigenvalue weighted by molar-refractivity contribution is -0.139. The number of hydrogen-bond donors (Lipinski definition) is 3. The van der Waals surface area contributed by atoms with Gasteiger partial charge in [0.2, 0.25) is 0 Å². The van der Waals surface area contributed by atoms with Crippen molar-refractivity contribution in [3.8, 4) is 0 Å². The first-order valence-electron chi connectivity index (χ1n) is 7.50. The van der Waals surface area contributed by atoms with Gasteiger partial charge < -0.3 is 10.1 Å². The Morgan fingerprint density at radius 3 is 2.79 bits per heavy atom. The Labute approximate surface area is 143 Å². The number of aromatic nitrogens is 1. The number of aliphatic carboxylic acids is 1. The third-order valence-corrected chi connectivity index (χ3v) is 4.34. The van der Waals surface area contributed by atoms with Crippen molar-refractivity contribution in [1.29, 1.82) is 0 Å². The van der Waals surface area contributed by atoms with E-state index in [-0.39, 0.29) is 23.6 Å². The number of hydrogen-bond acceptors (Lipinski definition) is 2. The molecule has 0 aliphatic rings. The van der Waals surface area contributed by atoms with Crippen LogP contribution in [-0.4, -0.2) is 22.1 Å². The summed E-state index contributed by atoms with van der Waals surface area (Å²) in [4.78, 5) is 14.7. The molecule has 3 aromatic rings. The highest BCUT2D eigenvalue weighted by Crippen LogP contribution is 2.21. The number of halogens is 2. The van der Waals surface area contributed by atoms with Gasteiger partial charge in [-0.25, -0.2) is 4.39 Å². The topological polar surface area (TPSA) is 65.1 Å². The lowest BCUT2D eigenvalue weighted by Crippen LogP contribution is -2.38. The molecule has 0 saturated heterocycles. The van der Waals surface area contributed by atoms with Crippen LogP contribution in [0.3, 0.4) is 0 Å². The summed E-state index contributed by atoms with van der Waals surface area (Å²) in [7, 11) is 0. The maximum atomic E-state index is 13.8. The zero-order chi connectivity index (χ0) is 17.1. The van der Waals surface area contributed by atoms with Gasteiger partial charge in [-0.15, -0.1) is 0 Å². The van der Waals surface area contributed by atoms with Crippen LogP contribution in [0.25, 0.3) is 10.9 Å². The fraction of sp³-hybridized carbons (Fsp3) is 0.167. The van der Waals surface area contributed by atoms with Crippen molar-refractivity contribution in [3.63, 3.8) is 0 Å². The maximum absolute atomic E-state index is 13.8. The predicted molar refractivity (Wildman–Crippen MR) is 91.7 cm³/mol. The normalized spacial score (nSPS) is 12.4. The molecule has 0 aliphatic carbocycles. The minimum atomic E-state index is -0.993. The molecule has 2 aromatic carbocycles. The second kappa shape index (κ2) is 7.03. The molecular formula is C18H16ClFN2O2. The van der Waals surface area contributed by atoms with Crippen LogP contribution in [-0.2, 0) is 17.8 Å². The first-order valence-corrected chi connectivity index (χ1v) is 7.88. The van der Waals surface area contributed by atoms with Gasteiger partial charge in [-0.2, -0.15) is 0 Å². The minimum absolute atomic E-state index is 0.0465. The highest BCUT2D eigenvalue weighted by Gasteiger charge is 2.20. The van der Waals surface area contributed by atoms with E-state index in [1.807, 2.05) is 24.3 Å². The molecule has 0 radical (unpaired) electrons. The van der Waals surface area contributed by atoms with Gasteiger partial charge in [0.25, 0.3) is 0 Å². The third-order valence-electron chi connectivity index (χ3n) is 3.98. The van der Waals surface area contributed by atoms with Gasteiger partial charge in [-0.3, -0.25) is 10.1 Å². The van der Waals surface area contributed by atoms with E-state index in [2.05, 4.69) is 10.3 Å². The SMILES string of the molecule is O=C(O)[C@H](Cc1c[nH]c2ccccc12)NCc1c(F)cccc1Cl. The first-order chi connectivity index (χ1) is 11.6. The molecule has 0 unspecified atom stereocenters. The standard InChI is InChI=1S/C18H16ClFN2O2/c19-14-5-3-6-15(20)13(14)10-22-17(18(23)24)8-11-9-21-16-7-2-1-4-12(11)16/h1-7,9,17,21-22H,8,10H2,(H,23,24)/t17-/m0/s1. The van der Waals surface area contributed by atoms with Gasteiger partial charge in [0.05, 0.1) is 0 Å². The largest absolute Gasteiger partial charge is 0.480 e. The van der Waals surface area contributed by atoms with Crippen molar-refractivity contribution in [1.82, 2.24) is 10.3 Å². The average molecular weight is 347 g/mol. The first kappa shape index (κ1) is 16.5. The predicted octanol–water partition coefficient (Wildman–Crippen LogP) is 3.75. The molecule has 0 spiro atoms. The number of fused-ring (bicyclic) bond motifs is 1. The van der Waals surface area contributed by atoms with Crippen molar-refractivity contribution < 1.29 is 14.3 Å². The Bertz CT molecular complexity index is 858. The van der Waals surface area contributed by atoms with Crippen molar-refractivity contribution in [2.45, 2.75) is 19.0 Å². The smallest absolute Gasteiger partial charge is 0.321 e. The maximum Gasteiger partial charge on any atom is 0.321 e. The molecule has 0 saturated carbocycles. The van der Waals surface area contributed by atoms with E-state index in [1.165, 1.54) is 12.1 Å². The number of aromatic amines is 1. The summed E-state index contributed by atoms with van der Waals surface area (Å²) in [6.45, 7) is 0.0465. The molecule has 3 N–H and O–H groups in total. The fourth-order valence-corrected chi connectivity index (χ4v) is 2.92. The summed E-state index contributed by atoms with van der Waals surface area (Å²) in [6.07, 6.45) is 2.09. The van der Waals surface area contributed by atoms with Crippen molar-refractivity contribution in [2.24, 2.45) is 0 Å². The summed E-state index contributed by atoms with van der Waals surface area (Å²) < 4.78 is 13.8. The van der Waals surface area contributed by atoms with Crippen molar-refractivity contribution in [2.75, 3.05) is 0 Å². The number of benzene rings is 2. The van der Waals surface area contributed by atoms with E-state index in [9.17, 15) is 14.3 Å². The summed E-state index contributed by atoms with van der Waals surface area (Å²) in [5.41, 5.74) is 2.11. The van der Waals surface area contributed by atoms with Crippen LogP contribution in [0, 0.1) is 5.82 Å². The number of carboxylic acid groups (broad SMARTS) is 1. The van der Waals surface area contributed by atoms with E-state index in [1.54, 1.807) is 12.3 Å². The highest BCUT2D eigenvalue weighted by atomic mass is 35.5. The number of rotatable bonds is 6. The summed E-state index contributed by atoms with van der Waals surface area (Å²) in [5.74, 6) is -1.45. The molecule has 0 fully saturated rings. The van der Waals surface area contributed by atoms with Crippen LogP contribution in [0.15, 0.2) is 48.7 Å². The zero-order valence-electron chi connectivity index (χ0n) is 12.7. The molecular weight excluding hydrogens is 331 g/mol. The number of para-hydroxylation sites is 1. The van der Waals surface area contributed by atoms with Crippen LogP contribution in [0.5, 0.6) is 0 Å². The Morgan fingerprint density at radius 2 is 2.04 bits per heavy atom. The number of H-pyrrole nitrogens is 1. The van der Waals surface area contributed by atoms with E-state index in [0.717, 1.165) is 16.5 Å². The molecule has 0 amide bonds. The molecule has 1 atom stereocenters. The fourth-order valence-electron chi connectivity index (χ4n) is 2.69. The van der Waals surface area contributed by atoms with Crippen LogP contribution in [0.1, 0.15) is 11.1 Å². The van der Waals surface area contributed by atoms with E-state index >= 15 is 0 Å². The van der Waals surface area contributed by atoms with E-state index in [4.69, 9.17) is 11.6 Å². The average Bonchev–Trinajstić information content (AvgIpc) is 2.96. The molecule has 0 bridgehead atoms. The lowest BCUT2D eigenvalue weighted by Gasteiger charge is -2.15. The monoisotopic (exact) mass is 346 g/mol. The quantitative estimate of drug-likeness (QED) is 0.637.